The molecule has 0 radical (unpaired) electrons. The predicted octanol–water partition coefficient (Wildman–Crippen LogP) is 1.91. The standard InChI is InChI=1S/C25H25N5O4/c31-23(10-9-20-17-27-21-3-1-2-4-22(21)28-20)18-5-7-19(8-6-18)29-25(33)24(32)26-11-12-30-13-15-34-16-14-30/h1-10,17H,11-16H2,(H,26,32)(H,29,33). The number of benzene rings is 2. The van der Waals surface area contributed by atoms with E-state index in [4.69, 9.17) is 4.74 Å². The largest absolute Gasteiger partial charge is 0.379 e. The van der Waals surface area contributed by atoms with Gasteiger partial charge in [-0.25, -0.2) is 4.98 Å². The molecule has 1 aliphatic heterocycles. The molecule has 1 aliphatic rings. The molecule has 2 aromatic carbocycles. The van der Waals surface area contributed by atoms with Crippen LogP contribution in [-0.2, 0) is 14.3 Å². The van der Waals surface area contributed by atoms with Crippen molar-refractivity contribution in [2.24, 2.45) is 0 Å². The monoisotopic (exact) mass is 459 g/mol. The number of carbonyl (C=O) groups excluding carboxylic acids is 3. The quantitative estimate of drug-likeness (QED) is 0.315. The first-order valence-corrected chi connectivity index (χ1v) is 11.0. The van der Waals surface area contributed by atoms with Crippen LogP contribution in [0.4, 0.5) is 5.69 Å². The van der Waals surface area contributed by atoms with Gasteiger partial charge < -0.3 is 15.4 Å². The van der Waals surface area contributed by atoms with Crippen molar-refractivity contribution in [2.75, 3.05) is 44.7 Å². The van der Waals surface area contributed by atoms with Crippen LogP contribution in [0.25, 0.3) is 17.1 Å². The van der Waals surface area contributed by atoms with Crippen LogP contribution in [0.3, 0.4) is 0 Å². The van der Waals surface area contributed by atoms with Crippen LogP contribution >= 0.6 is 0 Å². The molecule has 0 spiro atoms. The van der Waals surface area contributed by atoms with E-state index in [0.717, 1.165) is 24.1 Å². The van der Waals surface area contributed by atoms with Gasteiger partial charge in [0.25, 0.3) is 0 Å². The third kappa shape index (κ3) is 6.31. The van der Waals surface area contributed by atoms with Gasteiger partial charge in [0.15, 0.2) is 5.78 Å². The van der Waals surface area contributed by atoms with Crippen LogP contribution in [0.2, 0.25) is 0 Å². The molecule has 1 aromatic heterocycles. The molecule has 34 heavy (non-hydrogen) atoms. The topological polar surface area (TPSA) is 114 Å². The van der Waals surface area contributed by atoms with Crippen molar-refractivity contribution < 1.29 is 19.1 Å². The number of amides is 2. The minimum atomic E-state index is -0.754. The van der Waals surface area contributed by atoms with E-state index in [-0.39, 0.29) is 5.78 Å². The Bertz CT molecular complexity index is 1200. The van der Waals surface area contributed by atoms with Gasteiger partial charge in [0.1, 0.15) is 0 Å². The summed E-state index contributed by atoms with van der Waals surface area (Å²) in [5.74, 6) is -1.67. The molecule has 0 saturated carbocycles. The number of ketones is 1. The molecule has 1 fully saturated rings. The van der Waals surface area contributed by atoms with Gasteiger partial charge in [0, 0.05) is 37.4 Å². The van der Waals surface area contributed by atoms with Crippen molar-refractivity contribution >= 4 is 40.4 Å². The van der Waals surface area contributed by atoms with Crippen molar-refractivity contribution in [1.29, 1.82) is 0 Å². The number of nitrogens with one attached hydrogen (secondary N) is 2. The van der Waals surface area contributed by atoms with E-state index in [0.29, 0.717) is 43.2 Å². The number of para-hydroxylation sites is 2. The summed E-state index contributed by atoms with van der Waals surface area (Å²) in [6.45, 7) is 4.04. The summed E-state index contributed by atoms with van der Waals surface area (Å²) in [5.41, 5.74) is 2.99. The first kappa shape index (κ1) is 23.2. The third-order valence-electron chi connectivity index (χ3n) is 5.32. The van der Waals surface area contributed by atoms with E-state index in [1.54, 1.807) is 36.5 Å². The summed E-state index contributed by atoms with van der Waals surface area (Å²) < 4.78 is 5.28. The highest BCUT2D eigenvalue weighted by Crippen LogP contribution is 2.12. The average Bonchev–Trinajstić information content (AvgIpc) is 2.88. The summed E-state index contributed by atoms with van der Waals surface area (Å²) in [7, 11) is 0. The van der Waals surface area contributed by atoms with Gasteiger partial charge in [-0.05, 0) is 48.6 Å². The molecular weight excluding hydrogens is 434 g/mol. The first-order valence-electron chi connectivity index (χ1n) is 11.0. The molecule has 0 aliphatic carbocycles. The fourth-order valence-corrected chi connectivity index (χ4v) is 3.45. The first-order chi connectivity index (χ1) is 16.6. The van der Waals surface area contributed by atoms with Crippen LogP contribution < -0.4 is 10.6 Å². The van der Waals surface area contributed by atoms with E-state index < -0.39 is 11.8 Å². The zero-order valence-electron chi connectivity index (χ0n) is 18.6. The van der Waals surface area contributed by atoms with E-state index >= 15 is 0 Å². The zero-order valence-corrected chi connectivity index (χ0v) is 18.6. The number of allylic oxidation sites excluding steroid dienone is 1. The highest BCUT2D eigenvalue weighted by molar-refractivity contribution is 6.39. The molecule has 0 unspecified atom stereocenters. The molecule has 2 N–H and O–H groups in total. The number of rotatable bonds is 7. The molecule has 2 amide bonds. The summed E-state index contributed by atoms with van der Waals surface area (Å²) >= 11 is 0. The molecule has 3 aromatic rings. The number of morpholine rings is 1. The van der Waals surface area contributed by atoms with Gasteiger partial charge in [-0.1, -0.05) is 12.1 Å². The maximum absolute atomic E-state index is 12.5. The Balaban J connectivity index is 1.26. The Labute approximate surface area is 196 Å². The normalized spacial score (nSPS) is 14.2. The Kier molecular flexibility index (Phi) is 7.69. The second-order valence-electron chi connectivity index (χ2n) is 7.72. The van der Waals surface area contributed by atoms with Crippen molar-refractivity contribution in [1.82, 2.24) is 20.2 Å². The lowest BCUT2D eigenvalue weighted by molar-refractivity contribution is -0.136. The fourth-order valence-electron chi connectivity index (χ4n) is 3.45. The van der Waals surface area contributed by atoms with Gasteiger partial charge in [-0.15, -0.1) is 0 Å². The average molecular weight is 460 g/mol. The van der Waals surface area contributed by atoms with E-state index in [2.05, 4.69) is 25.5 Å². The number of fused-ring (bicyclic) bond motifs is 1. The molecule has 9 heteroatoms. The number of hydrogen-bond acceptors (Lipinski definition) is 7. The van der Waals surface area contributed by atoms with Crippen LogP contribution in [0.1, 0.15) is 16.1 Å². The maximum atomic E-state index is 12.5. The molecule has 9 nitrogen and oxygen atoms in total. The number of aromatic nitrogens is 2. The van der Waals surface area contributed by atoms with Crippen molar-refractivity contribution in [2.45, 2.75) is 0 Å². The molecule has 2 heterocycles. The summed E-state index contributed by atoms with van der Waals surface area (Å²) in [5, 5.41) is 5.15. The smallest absolute Gasteiger partial charge is 0.313 e. The van der Waals surface area contributed by atoms with Gasteiger partial charge in [0.05, 0.1) is 36.1 Å². The van der Waals surface area contributed by atoms with Crippen LogP contribution in [0, 0.1) is 0 Å². The van der Waals surface area contributed by atoms with E-state index in [9.17, 15) is 14.4 Å². The molecule has 1 saturated heterocycles. The molecule has 0 atom stereocenters. The molecular formula is C25H25N5O4. The van der Waals surface area contributed by atoms with Crippen molar-refractivity contribution in [3.05, 3.63) is 72.1 Å². The van der Waals surface area contributed by atoms with Crippen molar-refractivity contribution in [3.63, 3.8) is 0 Å². The fraction of sp³-hybridized carbons (Fsp3) is 0.240. The summed E-state index contributed by atoms with van der Waals surface area (Å²) in [4.78, 5) is 47.6. The molecule has 4 rings (SSSR count). The molecule has 0 bridgehead atoms. The Morgan fingerprint density at radius 2 is 1.71 bits per heavy atom. The van der Waals surface area contributed by atoms with Gasteiger partial charge in [-0.2, -0.15) is 0 Å². The number of carbonyl (C=O) groups is 3. The zero-order chi connectivity index (χ0) is 23.8. The lowest BCUT2D eigenvalue weighted by Gasteiger charge is -2.26. The Morgan fingerprint density at radius 3 is 2.47 bits per heavy atom. The minimum absolute atomic E-state index is 0.214. The Hall–Kier alpha value is -3.95. The molecule has 174 valence electrons. The van der Waals surface area contributed by atoms with Gasteiger partial charge in [-0.3, -0.25) is 24.3 Å². The third-order valence-corrected chi connectivity index (χ3v) is 5.32. The lowest BCUT2D eigenvalue weighted by atomic mass is 10.1. The lowest BCUT2D eigenvalue weighted by Crippen LogP contribution is -2.43. The van der Waals surface area contributed by atoms with Crippen LogP contribution in [-0.4, -0.2) is 71.9 Å². The minimum Gasteiger partial charge on any atom is -0.379 e. The van der Waals surface area contributed by atoms with Crippen molar-refractivity contribution in [3.8, 4) is 0 Å². The second kappa shape index (κ2) is 11.3. The highest BCUT2D eigenvalue weighted by atomic mass is 16.5. The second-order valence-corrected chi connectivity index (χ2v) is 7.72. The van der Waals surface area contributed by atoms with E-state index in [1.807, 2.05) is 24.3 Å². The number of ether oxygens (including phenoxy) is 1. The number of hydrogen-bond donors (Lipinski definition) is 2. The van der Waals surface area contributed by atoms with E-state index in [1.165, 1.54) is 6.08 Å². The number of nitrogens with zero attached hydrogens (tertiary/aromatic N) is 3. The van der Waals surface area contributed by atoms with Gasteiger partial charge >= 0.3 is 11.8 Å². The SMILES string of the molecule is O=C(NCCN1CCOCC1)C(=O)Nc1ccc(C(=O)C=Cc2cnc3ccccc3n2)cc1. The predicted molar refractivity (Wildman–Crippen MR) is 128 cm³/mol. The highest BCUT2D eigenvalue weighted by Gasteiger charge is 2.15. The summed E-state index contributed by atoms with van der Waals surface area (Å²) in [6.07, 6.45) is 4.64. The van der Waals surface area contributed by atoms with Gasteiger partial charge in [0.2, 0.25) is 0 Å². The van der Waals surface area contributed by atoms with Crippen LogP contribution in [0.15, 0.2) is 60.8 Å². The maximum Gasteiger partial charge on any atom is 0.313 e. The summed E-state index contributed by atoms with van der Waals surface area (Å²) in [6, 6.07) is 13.8. The number of anilines is 1. The van der Waals surface area contributed by atoms with Crippen LogP contribution in [0.5, 0.6) is 0 Å². The Morgan fingerprint density at radius 1 is 0.971 bits per heavy atom.